The van der Waals surface area contributed by atoms with Crippen LogP contribution in [0.4, 0.5) is 21.8 Å². The Labute approximate surface area is 194 Å². The highest BCUT2D eigenvalue weighted by Gasteiger charge is 2.45. The second-order valence-electron chi connectivity index (χ2n) is 9.13. The Balaban J connectivity index is 1.61. The van der Waals surface area contributed by atoms with E-state index < -0.39 is 16.8 Å². The van der Waals surface area contributed by atoms with Gasteiger partial charge in [0.2, 0.25) is 5.95 Å². The molecule has 1 aliphatic carbocycles. The molecule has 1 fully saturated rings. The number of hydrogen-bond donors (Lipinski definition) is 2. The van der Waals surface area contributed by atoms with Crippen LogP contribution in [0.1, 0.15) is 46.0 Å². The van der Waals surface area contributed by atoms with Gasteiger partial charge in [0, 0.05) is 24.3 Å². The molecular weight excluding hydrogens is 441 g/mol. The molecule has 174 valence electrons. The summed E-state index contributed by atoms with van der Waals surface area (Å²) >= 11 is 0. The highest BCUT2D eigenvalue weighted by atomic mass is 32.2. The summed E-state index contributed by atoms with van der Waals surface area (Å²) in [6.07, 6.45) is 7.38. The molecule has 0 radical (unpaired) electrons. The summed E-state index contributed by atoms with van der Waals surface area (Å²) in [4.78, 5) is 9.27. The predicted octanol–water partition coefficient (Wildman–Crippen LogP) is 4.42. The molecule has 2 aromatic heterocycles. The molecule has 0 saturated heterocycles. The Bertz CT molecular complexity index is 1280. The number of rotatable bonds is 4. The van der Waals surface area contributed by atoms with Crippen LogP contribution >= 0.6 is 0 Å². The van der Waals surface area contributed by atoms with Crippen LogP contribution in [0.2, 0.25) is 0 Å². The van der Waals surface area contributed by atoms with E-state index >= 15 is 0 Å². The van der Waals surface area contributed by atoms with Crippen LogP contribution in [0.15, 0.2) is 40.5 Å². The van der Waals surface area contributed by atoms with Crippen molar-refractivity contribution < 1.29 is 8.60 Å². The summed E-state index contributed by atoms with van der Waals surface area (Å²) in [5.41, 5.74) is 2.29. The lowest BCUT2D eigenvalue weighted by Crippen LogP contribution is -2.50. The molecule has 1 atom stereocenters. The minimum Gasteiger partial charge on any atom is -0.324 e. The van der Waals surface area contributed by atoms with Gasteiger partial charge in [0.25, 0.3) is 0 Å². The van der Waals surface area contributed by atoms with Crippen molar-refractivity contribution in [3.63, 3.8) is 0 Å². The van der Waals surface area contributed by atoms with E-state index in [2.05, 4.69) is 34.8 Å². The number of nitrogens with one attached hydrogen (secondary N) is 1. The number of fused-ring (bicyclic) bond motifs is 4. The molecule has 3 N–H and O–H groups in total. The molecule has 1 spiro atoms. The summed E-state index contributed by atoms with van der Waals surface area (Å²) in [7, 11) is 0.0926. The van der Waals surface area contributed by atoms with Gasteiger partial charge in [-0.2, -0.15) is 10.1 Å². The zero-order valence-electron chi connectivity index (χ0n) is 19.0. The normalized spacial score (nSPS) is 18.5. The lowest BCUT2D eigenvalue weighted by molar-refractivity contribution is 0.274. The van der Waals surface area contributed by atoms with Crippen LogP contribution in [0, 0.1) is 11.7 Å². The summed E-state index contributed by atoms with van der Waals surface area (Å²) in [6, 6.07) is 6.36. The fourth-order valence-corrected chi connectivity index (χ4v) is 5.71. The number of anilines is 3. The van der Waals surface area contributed by atoms with Gasteiger partial charge in [-0.3, -0.25) is 9.58 Å². The first-order valence-corrected chi connectivity index (χ1v) is 12.5. The fourth-order valence-electron chi connectivity index (χ4n) is 5.26. The average molecular weight is 470 g/mol. The van der Waals surface area contributed by atoms with Crippen molar-refractivity contribution in [2.75, 3.05) is 17.4 Å². The number of nitrogens with zero attached hydrogens (tertiary/aromatic N) is 5. The van der Waals surface area contributed by atoms with Crippen molar-refractivity contribution in [2.45, 2.75) is 56.4 Å². The van der Waals surface area contributed by atoms with Crippen molar-refractivity contribution >= 4 is 45.2 Å². The van der Waals surface area contributed by atoms with Gasteiger partial charge < -0.3 is 5.32 Å². The van der Waals surface area contributed by atoms with E-state index in [9.17, 15) is 8.60 Å². The van der Waals surface area contributed by atoms with Gasteiger partial charge in [-0.25, -0.2) is 18.7 Å². The molecule has 33 heavy (non-hydrogen) atoms. The predicted molar refractivity (Wildman–Crippen MR) is 130 cm³/mol. The topological polar surface area (TPSA) is 101 Å². The van der Waals surface area contributed by atoms with E-state index in [4.69, 9.17) is 15.2 Å². The maximum Gasteiger partial charge on any atom is 0.229 e. The first kappa shape index (κ1) is 22.0. The molecule has 1 unspecified atom stereocenters. The summed E-state index contributed by atoms with van der Waals surface area (Å²) in [5.74, 6) is 1.04. The fraction of sp³-hybridized carbons (Fsp3) is 0.435. The number of nitrogens with two attached hydrogens (primary N) is 1. The second-order valence-corrected chi connectivity index (χ2v) is 10.2. The highest BCUT2D eigenvalue weighted by molar-refractivity contribution is 7.82. The number of hydrazone groups is 1. The van der Waals surface area contributed by atoms with E-state index in [0.29, 0.717) is 17.6 Å². The minimum atomic E-state index is -1.88. The van der Waals surface area contributed by atoms with Crippen LogP contribution in [-0.4, -0.2) is 31.5 Å². The van der Waals surface area contributed by atoms with E-state index in [-0.39, 0.29) is 10.4 Å². The monoisotopic (exact) mass is 469 g/mol. The molecule has 3 aromatic rings. The second kappa shape index (κ2) is 8.18. The molecule has 0 bridgehead atoms. The molecule has 1 aliphatic heterocycles. The molecule has 10 heteroatoms. The number of hydrogen-bond acceptors (Lipinski definition) is 6. The first-order valence-electron chi connectivity index (χ1n) is 11.2. The van der Waals surface area contributed by atoms with Crippen molar-refractivity contribution in [3.05, 3.63) is 36.3 Å². The molecule has 0 amide bonds. The van der Waals surface area contributed by atoms with Crippen molar-refractivity contribution in [2.24, 2.45) is 16.2 Å². The highest BCUT2D eigenvalue weighted by Crippen LogP contribution is 2.46. The van der Waals surface area contributed by atoms with Gasteiger partial charge in [-0.15, -0.1) is 0 Å². The first-order chi connectivity index (χ1) is 15.8. The summed E-state index contributed by atoms with van der Waals surface area (Å²) in [6.45, 7) is 4.41. The maximum atomic E-state index is 14.3. The van der Waals surface area contributed by atoms with E-state index in [0.717, 1.165) is 42.5 Å². The van der Waals surface area contributed by atoms with Gasteiger partial charge in [0.1, 0.15) is 28.3 Å². The number of aromatic nitrogens is 3. The average Bonchev–Trinajstić information content (AvgIpc) is 3.17. The largest absolute Gasteiger partial charge is 0.324 e. The SMILES string of the molecule is CC(C)C1=NN(C)c2cc3cnc(Nc4ccc(S(N)=O)c(F)c4)nc3n2C12CCCCC2. The molecule has 3 heterocycles. The van der Waals surface area contributed by atoms with Crippen molar-refractivity contribution in [3.8, 4) is 0 Å². The third-order valence-corrected chi connectivity index (χ3v) is 7.41. The van der Waals surface area contributed by atoms with Gasteiger partial charge >= 0.3 is 0 Å². The van der Waals surface area contributed by atoms with Crippen LogP contribution < -0.4 is 15.5 Å². The van der Waals surface area contributed by atoms with Crippen LogP contribution in [0.5, 0.6) is 0 Å². The lowest BCUT2D eigenvalue weighted by atomic mass is 9.74. The maximum absolute atomic E-state index is 14.3. The van der Waals surface area contributed by atoms with Gasteiger partial charge in [-0.1, -0.05) is 33.1 Å². The van der Waals surface area contributed by atoms with Gasteiger partial charge in [0.05, 0.1) is 16.1 Å². The zero-order chi connectivity index (χ0) is 23.3. The molecular formula is C23H28FN7OS. The van der Waals surface area contributed by atoms with Crippen LogP contribution in [-0.2, 0) is 16.5 Å². The standard InChI is InChI=1S/C23H28FN7OS/c1-14(2)20-23(9-5-4-6-10-23)31-19(30(3)29-20)11-15-13-26-22(28-21(15)31)27-16-7-8-18(33(25)32)17(24)12-16/h7-8,11-14H,4-6,9-10,25H2,1-3H3,(H,26,27,28). The molecule has 5 rings (SSSR count). The van der Waals surface area contributed by atoms with E-state index in [1.165, 1.54) is 24.3 Å². The minimum absolute atomic E-state index is 0.0413. The molecule has 1 saturated carbocycles. The van der Waals surface area contributed by atoms with Gasteiger partial charge in [0.15, 0.2) is 0 Å². The van der Waals surface area contributed by atoms with Crippen LogP contribution in [0.25, 0.3) is 11.0 Å². The zero-order valence-corrected chi connectivity index (χ0v) is 19.8. The van der Waals surface area contributed by atoms with Crippen molar-refractivity contribution in [1.29, 1.82) is 0 Å². The number of benzene rings is 1. The third-order valence-electron chi connectivity index (χ3n) is 6.65. The lowest BCUT2D eigenvalue weighted by Gasteiger charge is -2.46. The summed E-state index contributed by atoms with van der Waals surface area (Å²) in [5, 5.41) is 16.3. The Morgan fingerprint density at radius 3 is 2.64 bits per heavy atom. The Kier molecular flexibility index (Phi) is 5.44. The Hall–Kier alpha value is -2.85. The van der Waals surface area contributed by atoms with Crippen LogP contribution in [0.3, 0.4) is 0 Å². The van der Waals surface area contributed by atoms with Crippen molar-refractivity contribution in [1.82, 2.24) is 14.5 Å². The summed E-state index contributed by atoms with van der Waals surface area (Å²) < 4.78 is 28.0. The molecule has 1 aromatic carbocycles. The van der Waals surface area contributed by atoms with Gasteiger partial charge in [-0.05, 0) is 43.0 Å². The number of halogens is 1. The van der Waals surface area contributed by atoms with E-state index in [1.54, 1.807) is 12.3 Å². The quantitative estimate of drug-likeness (QED) is 0.589. The van der Waals surface area contributed by atoms with E-state index in [1.807, 2.05) is 12.1 Å². The molecule has 2 aliphatic rings. The Morgan fingerprint density at radius 2 is 1.97 bits per heavy atom. The smallest absolute Gasteiger partial charge is 0.229 e. The molecule has 8 nitrogen and oxygen atoms in total. The Morgan fingerprint density at radius 1 is 1.21 bits per heavy atom. The third kappa shape index (κ3) is 3.61.